The number of thiocarbonyl (C=S) groups is 1. The van der Waals surface area contributed by atoms with Crippen molar-refractivity contribution >= 4 is 41.1 Å². The lowest BCUT2D eigenvalue weighted by Gasteiger charge is -2.30. The number of aromatic hydroxyl groups is 4. The van der Waals surface area contributed by atoms with E-state index in [1.54, 1.807) is 0 Å². The van der Waals surface area contributed by atoms with Crippen LogP contribution in [0.2, 0.25) is 0 Å². The van der Waals surface area contributed by atoms with Gasteiger partial charge in [-0.05, 0) is 56.1 Å². The van der Waals surface area contributed by atoms with Gasteiger partial charge in [0.15, 0.2) is 10.9 Å². The van der Waals surface area contributed by atoms with Crippen LogP contribution in [0.1, 0.15) is 84.2 Å². The molecule has 0 aromatic heterocycles. The Kier molecular flexibility index (Phi) is 7.91. The van der Waals surface area contributed by atoms with Gasteiger partial charge in [0.1, 0.15) is 34.3 Å². The number of hydrogen-bond acceptors (Lipinski definition) is 10. The van der Waals surface area contributed by atoms with Crippen molar-refractivity contribution in [2.45, 2.75) is 39.5 Å². The number of rotatable bonds is 7. The van der Waals surface area contributed by atoms with E-state index in [0.717, 1.165) is 18.9 Å². The molecule has 12 nitrogen and oxygen atoms in total. The third-order valence-electron chi connectivity index (χ3n) is 7.89. The van der Waals surface area contributed by atoms with E-state index in [-0.39, 0.29) is 68.2 Å². The Labute approximate surface area is 256 Å². The number of carbonyl (C=O) groups excluding carboxylic acids is 2. The van der Waals surface area contributed by atoms with E-state index < -0.39 is 51.7 Å². The van der Waals surface area contributed by atoms with Gasteiger partial charge in [-0.3, -0.25) is 15.0 Å². The first-order chi connectivity index (χ1) is 20.9. The highest BCUT2D eigenvalue weighted by atomic mass is 32.1. The van der Waals surface area contributed by atoms with E-state index >= 15 is 0 Å². The van der Waals surface area contributed by atoms with Gasteiger partial charge < -0.3 is 35.6 Å². The molecule has 0 unspecified atom stereocenters. The number of methoxy groups -OCH3 is 1. The molecule has 228 valence electrons. The highest BCUT2D eigenvalue weighted by Gasteiger charge is 2.42. The lowest BCUT2D eigenvalue weighted by Crippen LogP contribution is -2.32. The van der Waals surface area contributed by atoms with Crippen LogP contribution >= 0.6 is 12.2 Å². The van der Waals surface area contributed by atoms with Crippen LogP contribution in [0, 0.1) is 6.92 Å². The van der Waals surface area contributed by atoms with Gasteiger partial charge in [-0.2, -0.15) is 5.10 Å². The topological polar surface area (TPSA) is 198 Å². The van der Waals surface area contributed by atoms with Crippen molar-refractivity contribution in [1.29, 1.82) is 0 Å². The number of benzene rings is 3. The van der Waals surface area contributed by atoms with Crippen molar-refractivity contribution in [3.63, 3.8) is 0 Å². The van der Waals surface area contributed by atoms with Gasteiger partial charge in [-0.15, -0.1) is 0 Å². The summed E-state index contributed by atoms with van der Waals surface area (Å²) >= 11 is 5.16. The molecule has 0 amide bonds. The molecule has 0 saturated carbocycles. The molecule has 7 N–H and O–H groups in total. The van der Waals surface area contributed by atoms with Gasteiger partial charge in [0.25, 0.3) is 0 Å². The molecular weight excluding hydrogens is 590 g/mol. The van der Waals surface area contributed by atoms with Crippen LogP contribution < -0.4 is 15.5 Å². The fourth-order valence-electron chi connectivity index (χ4n) is 5.74. The molecule has 0 atom stereocenters. The third-order valence-corrected chi connectivity index (χ3v) is 8.13. The second-order valence-corrected chi connectivity index (χ2v) is 10.9. The number of phenolic OH excluding ortho intramolecular Hbond substituents is 3. The van der Waals surface area contributed by atoms with Gasteiger partial charge in [0.05, 0.1) is 30.0 Å². The van der Waals surface area contributed by atoms with E-state index in [4.69, 9.17) is 17.0 Å². The minimum absolute atomic E-state index is 0.00123. The standard InChI is InChI=1S/C31H29N3O9S/c1-4-5-8-32-31(44)34-33-11-14-9-13-6-7-15-20(18(13)26(38)19(14)30(41)42)27(39)22-23(29(15)43-3)28(40)21-16(25(22)37)10-17(35)12(2)24(21)36/h9-11,35-36,38-39H,4-8H2,1-3H3,(H,41,42)(H2,32,34,44)/b33-11+. The van der Waals surface area contributed by atoms with Crippen molar-refractivity contribution in [3.05, 3.63) is 62.2 Å². The maximum absolute atomic E-state index is 13.7. The van der Waals surface area contributed by atoms with Crippen molar-refractivity contribution in [2.75, 3.05) is 13.7 Å². The highest BCUT2D eigenvalue weighted by Crippen LogP contribution is 2.54. The van der Waals surface area contributed by atoms with Crippen molar-refractivity contribution in [3.8, 4) is 39.9 Å². The van der Waals surface area contributed by atoms with E-state index in [1.807, 2.05) is 6.92 Å². The number of carboxylic acids is 1. The number of carboxylic acid groups (broad SMARTS) is 1. The number of fused-ring (bicyclic) bond motifs is 5. The molecule has 0 radical (unpaired) electrons. The van der Waals surface area contributed by atoms with Crippen LogP contribution in [0.3, 0.4) is 0 Å². The Hall–Kier alpha value is -5.17. The molecule has 3 aromatic rings. The Morgan fingerprint density at radius 3 is 2.39 bits per heavy atom. The number of ketones is 2. The zero-order chi connectivity index (χ0) is 32.0. The fraction of sp³-hybridized carbons (Fsp3) is 0.258. The number of ether oxygens (including phenoxy) is 1. The zero-order valence-corrected chi connectivity index (χ0v) is 24.8. The summed E-state index contributed by atoms with van der Waals surface area (Å²) in [5.74, 6) is -5.55. The van der Waals surface area contributed by atoms with E-state index in [1.165, 1.54) is 26.3 Å². The van der Waals surface area contributed by atoms with Crippen LogP contribution in [0.5, 0.6) is 28.7 Å². The zero-order valence-electron chi connectivity index (χ0n) is 24.0. The van der Waals surface area contributed by atoms with Crippen LogP contribution in [0.4, 0.5) is 0 Å². The summed E-state index contributed by atoms with van der Waals surface area (Å²) in [5.41, 5.74) is 1.39. The van der Waals surface area contributed by atoms with Gasteiger partial charge in [0.2, 0.25) is 5.78 Å². The van der Waals surface area contributed by atoms with Crippen molar-refractivity contribution < 1.29 is 44.7 Å². The predicted molar refractivity (Wildman–Crippen MR) is 164 cm³/mol. The molecule has 0 bridgehead atoms. The van der Waals surface area contributed by atoms with Gasteiger partial charge >= 0.3 is 5.97 Å². The first-order valence-corrected chi connectivity index (χ1v) is 14.1. The average Bonchev–Trinajstić information content (AvgIpc) is 2.98. The number of carbonyl (C=O) groups is 3. The molecule has 0 saturated heterocycles. The Morgan fingerprint density at radius 1 is 1.00 bits per heavy atom. The second kappa shape index (κ2) is 11.5. The van der Waals surface area contributed by atoms with Crippen molar-refractivity contribution in [1.82, 2.24) is 10.7 Å². The number of hydrazone groups is 1. The maximum Gasteiger partial charge on any atom is 0.340 e. The SMILES string of the molecule is CCCCNC(=S)N/N=C/c1cc2c(c(O)c1C(=O)O)-c1c(O)c3c(c(OC)c1CC2)C(=O)c1c(cc(O)c(C)c1O)C3=O. The number of aryl methyl sites for hydroxylation is 1. The van der Waals surface area contributed by atoms with Crippen molar-refractivity contribution in [2.24, 2.45) is 5.10 Å². The first-order valence-electron chi connectivity index (χ1n) is 13.7. The molecule has 0 heterocycles. The average molecular weight is 620 g/mol. The normalized spacial score (nSPS) is 13.2. The molecular formula is C31H29N3O9S. The monoisotopic (exact) mass is 619 g/mol. The number of phenols is 4. The minimum atomic E-state index is -1.48. The second-order valence-electron chi connectivity index (χ2n) is 10.4. The lowest BCUT2D eigenvalue weighted by atomic mass is 9.74. The molecule has 13 heteroatoms. The number of unbranched alkanes of at least 4 members (excludes halogenated alkanes) is 1. The fourth-order valence-corrected chi connectivity index (χ4v) is 5.90. The summed E-state index contributed by atoms with van der Waals surface area (Å²) in [6.07, 6.45) is 3.50. The lowest BCUT2D eigenvalue weighted by molar-refractivity contribution is 0.0693. The molecule has 2 aliphatic carbocycles. The van der Waals surface area contributed by atoms with E-state index in [0.29, 0.717) is 12.1 Å². The highest BCUT2D eigenvalue weighted by molar-refractivity contribution is 7.80. The van der Waals surface area contributed by atoms with E-state index in [2.05, 4.69) is 15.8 Å². The predicted octanol–water partition coefficient (Wildman–Crippen LogP) is 3.66. The maximum atomic E-state index is 13.7. The largest absolute Gasteiger partial charge is 0.508 e. The summed E-state index contributed by atoms with van der Waals surface area (Å²) in [6, 6.07) is 2.55. The first kappa shape index (κ1) is 30.3. The Morgan fingerprint density at radius 2 is 1.73 bits per heavy atom. The number of nitrogens with zero attached hydrogens (tertiary/aromatic N) is 1. The van der Waals surface area contributed by atoms with Crippen LogP contribution in [0.15, 0.2) is 17.2 Å². The molecule has 0 fully saturated rings. The van der Waals surface area contributed by atoms with Gasteiger partial charge in [0, 0.05) is 39.9 Å². The quantitative estimate of drug-likeness (QED) is 0.0687. The molecule has 0 spiro atoms. The number of hydrogen-bond donors (Lipinski definition) is 7. The Balaban J connectivity index is 1.69. The van der Waals surface area contributed by atoms with Crippen LogP contribution in [-0.2, 0) is 12.8 Å². The van der Waals surface area contributed by atoms with Crippen LogP contribution in [-0.4, -0.2) is 68.1 Å². The summed E-state index contributed by atoms with van der Waals surface area (Å²) < 4.78 is 5.60. The molecule has 3 aromatic carbocycles. The summed E-state index contributed by atoms with van der Waals surface area (Å²) in [4.78, 5) is 39.8. The van der Waals surface area contributed by atoms with Gasteiger partial charge in [-0.25, -0.2) is 4.79 Å². The number of aromatic carboxylic acids is 1. The van der Waals surface area contributed by atoms with E-state index in [9.17, 15) is 39.9 Å². The molecule has 2 aliphatic rings. The Bertz CT molecular complexity index is 1830. The minimum Gasteiger partial charge on any atom is -0.508 e. The summed E-state index contributed by atoms with van der Waals surface area (Å²) in [6.45, 7) is 4.05. The van der Waals surface area contributed by atoms with Crippen LogP contribution in [0.25, 0.3) is 11.1 Å². The van der Waals surface area contributed by atoms with Gasteiger partial charge in [-0.1, -0.05) is 13.3 Å². The molecule has 5 rings (SSSR count). The number of nitrogens with one attached hydrogen (secondary N) is 2. The molecule has 0 aliphatic heterocycles. The molecule has 44 heavy (non-hydrogen) atoms. The third kappa shape index (κ3) is 4.65. The summed E-state index contributed by atoms with van der Waals surface area (Å²) in [5, 5.41) is 61.2. The smallest absolute Gasteiger partial charge is 0.340 e. The summed E-state index contributed by atoms with van der Waals surface area (Å²) in [7, 11) is 1.27.